The Hall–Kier alpha value is -1.05. The smallest absolute Gasteiger partial charge is 0.359 e. The molecule has 1 N–H and O–H groups in total. The Balaban J connectivity index is 2.33. The number of amides is 1. The molecule has 0 radical (unpaired) electrons. The van der Waals surface area contributed by atoms with Gasteiger partial charge >= 0.3 is 5.91 Å². The van der Waals surface area contributed by atoms with Crippen molar-refractivity contribution in [3.63, 3.8) is 0 Å². The molecule has 0 aliphatic carbocycles. The van der Waals surface area contributed by atoms with E-state index in [9.17, 15) is 4.79 Å². The van der Waals surface area contributed by atoms with Gasteiger partial charge in [-0.2, -0.15) is 4.48 Å². The number of hydrogen-bond acceptors (Lipinski definition) is 5. The lowest BCUT2D eigenvalue weighted by Gasteiger charge is -2.38. The normalized spacial score (nSPS) is 20.2. The molecule has 1 unspecified atom stereocenters. The molecule has 1 heterocycles. The van der Waals surface area contributed by atoms with Crippen LogP contribution in [0.15, 0.2) is 24.3 Å². The molecular weight excluding hydrogens is 379 g/mol. The van der Waals surface area contributed by atoms with Crippen LogP contribution >= 0.6 is 34.8 Å². The van der Waals surface area contributed by atoms with Crippen LogP contribution in [-0.4, -0.2) is 49.2 Å². The summed E-state index contributed by atoms with van der Waals surface area (Å²) in [5.74, 6) is -0.131. The van der Waals surface area contributed by atoms with Crippen molar-refractivity contribution >= 4 is 52.3 Å². The minimum Gasteiger partial charge on any atom is -0.473 e. The van der Waals surface area contributed by atoms with Gasteiger partial charge in [0.25, 0.3) is 3.79 Å². The first kappa shape index (κ1) is 19.3. The molecule has 1 aliphatic heterocycles. The highest BCUT2D eigenvalue weighted by Gasteiger charge is 2.46. The third kappa shape index (κ3) is 4.13. The van der Waals surface area contributed by atoms with Crippen LogP contribution in [0.25, 0.3) is 0 Å². The maximum Gasteiger partial charge on any atom is 0.359 e. The van der Waals surface area contributed by atoms with Gasteiger partial charge < -0.3 is 14.2 Å². The number of nitrogens with one attached hydrogen (secondary N) is 1. The van der Waals surface area contributed by atoms with Crippen molar-refractivity contribution in [2.75, 3.05) is 33.6 Å². The number of nitrogens with zero attached hydrogens (tertiary/aromatic N) is 1. The summed E-state index contributed by atoms with van der Waals surface area (Å²) in [7, 11) is 1.59. The van der Waals surface area contributed by atoms with Crippen LogP contribution < -0.4 is 9.22 Å². The van der Waals surface area contributed by atoms with Gasteiger partial charge in [-0.3, -0.25) is 5.41 Å². The van der Waals surface area contributed by atoms with E-state index in [1.807, 2.05) is 12.1 Å². The van der Waals surface area contributed by atoms with Gasteiger partial charge in [0.05, 0.1) is 13.2 Å². The molecule has 2 rings (SSSR count). The molecule has 1 aromatic rings. The van der Waals surface area contributed by atoms with E-state index in [1.54, 1.807) is 19.2 Å². The molecule has 1 aliphatic rings. The maximum absolute atomic E-state index is 12.7. The second-order valence-corrected chi connectivity index (χ2v) is 7.57. The van der Waals surface area contributed by atoms with Gasteiger partial charge in [-0.1, -0.05) is 46.9 Å². The Morgan fingerprint density at radius 3 is 2.75 bits per heavy atom. The lowest BCUT2D eigenvalue weighted by atomic mass is 10.1. The zero-order valence-corrected chi connectivity index (χ0v) is 15.3. The minimum atomic E-state index is -1.98. The summed E-state index contributed by atoms with van der Waals surface area (Å²) in [5.41, 5.74) is 0.655. The molecule has 1 aromatic carbocycles. The van der Waals surface area contributed by atoms with E-state index < -0.39 is 9.69 Å². The SMILES string of the molecule is COCCC[N+]1(COC(=N)C(Cl)(Cl)Cl)C(=O)COc2ccccc21. The molecule has 24 heavy (non-hydrogen) atoms. The standard InChI is InChI=1S/C15H18Cl3N2O4/c1-22-8-4-7-20(10-24-14(19)15(16,17)18)11-5-2-3-6-12(11)23-9-13(20)21/h2-3,5-6,19H,4,7-10H2,1H3/q+1. The zero-order valence-electron chi connectivity index (χ0n) is 13.1. The molecule has 132 valence electrons. The van der Waals surface area contributed by atoms with Gasteiger partial charge in [0.15, 0.2) is 11.4 Å². The quantitative estimate of drug-likeness (QED) is 0.263. The van der Waals surface area contributed by atoms with Crippen molar-refractivity contribution in [3.8, 4) is 5.75 Å². The molecule has 1 amide bonds. The summed E-state index contributed by atoms with van der Waals surface area (Å²) in [6.45, 7) is 0.655. The topological polar surface area (TPSA) is 68.6 Å². The monoisotopic (exact) mass is 395 g/mol. The number of halogens is 3. The molecule has 9 heteroatoms. The van der Waals surface area contributed by atoms with Crippen LogP contribution in [0, 0.1) is 5.41 Å². The van der Waals surface area contributed by atoms with Crippen molar-refractivity contribution in [2.45, 2.75) is 10.2 Å². The van der Waals surface area contributed by atoms with E-state index >= 15 is 0 Å². The molecule has 0 saturated carbocycles. The van der Waals surface area contributed by atoms with E-state index in [-0.39, 0.29) is 23.7 Å². The van der Waals surface area contributed by atoms with E-state index in [1.165, 1.54) is 0 Å². The second-order valence-electron chi connectivity index (χ2n) is 5.29. The number of carbonyl (C=O) groups is 1. The Bertz CT molecular complexity index is 621. The number of hydrogen-bond donors (Lipinski definition) is 1. The number of alkyl halides is 3. The van der Waals surface area contributed by atoms with Gasteiger partial charge in [0.1, 0.15) is 0 Å². The summed E-state index contributed by atoms with van der Waals surface area (Å²) >= 11 is 17.0. The van der Waals surface area contributed by atoms with Crippen molar-refractivity contribution in [1.29, 1.82) is 5.41 Å². The molecule has 0 aromatic heterocycles. The van der Waals surface area contributed by atoms with E-state index in [0.717, 1.165) is 0 Å². The highest BCUT2D eigenvalue weighted by Crippen LogP contribution is 2.38. The fourth-order valence-electron chi connectivity index (χ4n) is 2.52. The second kappa shape index (κ2) is 7.89. The molecule has 0 spiro atoms. The van der Waals surface area contributed by atoms with Gasteiger partial charge in [-0.15, -0.1) is 0 Å². The zero-order chi connectivity index (χ0) is 17.8. The lowest BCUT2D eigenvalue weighted by Crippen LogP contribution is -2.60. The molecule has 6 nitrogen and oxygen atoms in total. The molecule has 0 saturated heterocycles. The Morgan fingerprint density at radius 2 is 2.08 bits per heavy atom. The van der Waals surface area contributed by atoms with Crippen LogP contribution in [0.4, 0.5) is 5.69 Å². The third-order valence-electron chi connectivity index (χ3n) is 3.73. The number of para-hydroxylation sites is 2. The van der Waals surface area contributed by atoms with Crippen molar-refractivity contribution in [1.82, 2.24) is 4.48 Å². The Kier molecular flexibility index (Phi) is 6.33. The Morgan fingerprint density at radius 1 is 1.38 bits per heavy atom. The summed E-state index contributed by atoms with van der Waals surface area (Å²) in [5, 5.41) is 7.71. The van der Waals surface area contributed by atoms with Crippen LogP contribution in [-0.2, 0) is 14.3 Å². The van der Waals surface area contributed by atoms with Gasteiger partial charge in [0, 0.05) is 19.6 Å². The largest absolute Gasteiger partial charge is 0.473 e. The number of rotatable bonds is 6. The lowest BCUT2D eigenvalue weighted by molar-refractivity contribution is -0.137. The molecule has 0 bridgehead atoms. The summed E-state index contributed by atoms with van der Waals surface area (Å²) in [6.07, 6.45) is 0.612. The fraction of sp³-hybridized carbons (Fsp3) is 0.467. The molecule has 0 fully saturated rings. The summed E-state index contributed by atoms with van der Waals surface area (Å²) < 4.78 is 13.8. The number of quaternary nitrogens is 1. The first-order chi connectivity index (χ1) is 11.3. The van der Waals surface area contributed by atoms with Crippen LogP contribution in [0.5, 0.6) is 5.75 Å². The minimum absolute atomic E-state index is 0.0888. The van der Waals surface area contributed by atoms with Crippen molar-refractivity contribution in [2.24, 2.45) is 0 Å². The van der Waals surface area contributed by atoms with Gasteiger partial charge in [-0.05, 0) is 6.07 Å². The predicted molar refractivity (Wildman–Crippen MR) is 94.1 cm³/mol. The average molecular weight is 397 g/mol. The van der Waals surface area contributed by atoms with E-state index in [2.05, 4.69) is 0 Å². The number of fused-ring (bicyclic) bond motifs is 1. The molecular formula is C15H18Cl3N2O4+. The first-order valence-electron chi connectivity index (χ1n) is 7.21. The predicted octanol–water partition coefficient (Wildman–Crippen LogP) is 3.27. The number of benzene rings is 1. The Labute approximate surface area is 155 Å². The van der Waals surface area contributed by atoms with Gasteiger partial charge in [0.2, 0.25) is 19.2 Å². The fourth-order valence-corrected chi connectivity index (χ4v) is 2.68. The summed E-state index contributed by atoms with van der Waals surface area (Å²) in [6, 6.07) is 7.21. The number of carbonyl (C=O) groups excluding carboxylic acids is 1. The average Bonchev–Trinajstić information content (AvgIpc) is 2.55. The maximum atomic E-state index is 12.7. The van der Waals surface area contributed by atoms with Crippen LogP contribution in [0.3, 0.4) is 0 Å². The third-order valence-corrected chi connectivity index (χ3v) is 4.24. The highest BCUT2D eigenvalue weighted by atomic mass is 35.6. The highest BCUT2D eigenvalue weighted by molar-refractivity contribution is 6.76. The van der Waals surface area contributed by atoms with E-state index in [0.29, 0.717) is 31.0 Å². The number of methoxy groups -OCH3 is 1. The van der Waals surface area contributed by atoms with Gasteiger partial charge in [-0.25, -0.2) is 4.79 Å². The van der Waals surface area contributed by atoms with Crippen molar-refractivity contribution in [3.05, 3.63) is 24.3 Å². The summed E-state index contributed by atoms with van der Waals surface area (Å²) in [4.78, 5) is 12.7. The first-order valence-corrected chi connectivity index (χ1v) is 8.35. The number of ether oxygens (including phenoxy) is 3. The van der Waals surface area contributed by atoms with Crippen molar-refractivity contribution < 1.29 is 19.0 Å². The van der Waals surface area contributed by atoms with Crippen LogP contribution in [0.1, 0.15) is 6.42 Å². The molecule has 1 atom stereocenters. The van der Waals surface area contributed by atoms with Crippen LogP contribution in [0.2, 0.25) is 0 Å². The van der Waals surface area contributed by atoms with E-state index in [4.69, 9.17) is 54.4 Å².